The fourth-order valence-electron chi connectivity index (χ4n) is 3.53. The van der Waals surface area contributed by atoms with Crippen LogP contribution in [0.2, 0.25) is 0 Å². The summed E-state index contributed by atoms with van der Waals surface area (Å²) in [5.74, 6) is 1.11. The van der Waals surface area contributed by atoms with E-state index in [2.05, 4.69) is 21.7 Å². The summed E-state index contributed by atoms with van der Waals surface area (Å²) in [6, 6.07) is 6.43. The van der Waals surface area contributed by atoms with Gasteiger partial charge in [0.1, 0.15) is 5.82 Å². The van der Waals surface area contributed by atoms with Gasteiger partial charge in [0.15, 0.2) is 10.9 Å². The van der Waals surface area contributed by atoms with Crippen molar-refractivity contribution < 1.29 is 4.79 Å². The maximum atomic E-state index is 12.8. The van der Waals surface area contributed by atoms with Crippen molar-refractivity contribution in [1.82, 2.24) is 14.8 Å². The molecule has 1 saturated carbocycles. The second-order valence-electron chi connectivity index (χ2n) is 7.11. The summed E-state index contributed by atoms with van der Waals surface area (Å²) in [6.07, 6.45) is 6.23. The number of carbonyl (C=O) groups excluding carboxylic acids is 1. The molecule has 1 atom stereocenters. The zero-order chi connectivity index (χ0) is 18.0. The number of thioether (sulfide) groups is 1. The van der Waals surface area contributed by atoms with E-state index in [0.29, 0.717) is 6.04 Å². The highest BCUT2D eigenvalue weighted by atomic mass is 32.2. The minimum Gasteiger partial charge on any atom is -0.303 e. The van der Waals surface area contributed by atoms with E-state index in [4.69, 9.17) is 0 Å². The molecule has 0 radical (unpaired) electrons. The SMILES string of the molecule is Cc1ccc(C(=O)C(C)Sc2nnc(C)n2C2CCCCC2)cc1C. The molecule has 2 aromatic rings. The van der Waals surface area contributed by atoms with Crippen LogP contribution in [0.1, 0.15) is 72.4 Å². The van der Waals surface area contributed by atoms with E-state index in [-0.39, 0.29) is 11.0 Å². The number of hydrogen-bond donors (Lipinski definition) is 0. The molecule has 1 aliphatic rings. The average molecular weight is 358 g/mol. The Labute approximate surface area is 154 Å². The van der Waals surface area contributed by atoms with Crippen LogP contribution in [-0.4, -0.2) is 25.8 Å². The van der Waals surface area contributed by atoms with Crippen molar-refractivity contribution in [3.8, 4) is 0 Å². The fraction of sp³-hybridized carbons (Fsp3) is 0.550. The van der Waals surface area contributed by atoms with Gasteiger partial charge in [0.25, 0.3) is 0 Å². The lowest BCUT2D eigenvalue weighted by atomic mass is 9.95. The van der Waals surface area contributed by atoms with Crippen LogP contribution in [0.3, 0.4) is 0 Å². The van der Waals surface area contributed by atoms with Gasteiger partial charge in [0.05, 0.1) is 5.25 Å². The number of hydrogen-bond acceptors (Lipinski definition) is 4. The second-order valence-corrected chi connectivity index (χ2v) is 8.42. The predicted molar refractivity (Wildman–Crippen MR) is 102 cm³/mol. The van der Waals surface area contributed by atoms with E-state index in [9.17, 15) is 4.79 Å². The molecule has 0 aliphatic heterocycles. The predicted octanol–water partition coefficient (Wildman–Crippen LogP) is 5.07. The minimum atomic E-state index is -0.173. The summed E-state index contributed by atoms with van der Waals surface area (Å²) >= 11 is 1.54. The summed E-state index contributed by atoms with van der Waals surface area (Å²) in [4.78, 5) is 12.8. The van der Waals surface area contributed by atoms with Gasteiger partial charge in [0, 0.05) is 11.6 Å². The first-order chi connectivity index (χ1) is 12.0. The van der Waals surface area contributed by atoms with Crippen LogP contribution in [0.5, 0.6) is 0 Å². The Balaban J connectivity index is 1.77. The molecule has 1 aromatic carbocycles. The summed E-state index contributed by atoms with van der Waals surface area (Å²) < 4.78 is 2.26. The van der Waals surface area contributed by atoms with Gasteiger partial charge in [-0.2, -0.15) is 0 Å². The van der Waals surface area contributed by atoms with Crippen LogP contribution in [0.25, 0.3) is 0 Å². The number of aromatic nitrogens is 3. The van der Waals surface area contributed by atoms with Gasteiger partial charge in [-0.15, -0.1) is 10.2 Å². The monoisotopic (exact) mass is 357 g/mol. The third-order valence-corrected chi connectivity index (χ3v) is 6.27. The Morgan fingerprint density at radius 2 is 1.84 bits per heavy atom. The highest BCUT2D eigenvalue weighted by molar-refractivity contribution is 8.00. The molecule has 0 saturated heterocycles. The van der Waals surface area contributed by atoms with E-state index in [1.165, 1.54) is 49.4 Å². The van der Waals surface area contributed by atoms with Crippen LogP contribution in [-0.2, 0) is 0 Å². The molecule has 1 aliphatic carbocycles. The Bertz CT molecular complexity index is 762. The minimum absolute atomic E-state index is 0.156. The quantitative estimate of drug-likeness (QED) is 0.553. The van der Waals surface area contributed by atoms with Gasteiger partial charge in [0.2, 0.25) is 0 Å². The number of aryl methyl sites for hydroxylation is 3. The molecule has 3 rings (SSSR count). The number of rotatable bonds is 5. The number of Topliss-reactive ketones (excluding diaryl/α,β-unsaturated/α-hetero) is 1. The summed E-state index contributed by atoms with van der Waals surface area (Å²) in [5.41, 5.74) is 3.15. The van der Waals surface area contributed by atoms with E-state index in [0.717, 1.165) is 22.1 Å². The first kappa shape index (κ1) is 18.2. The topological polar surface area (TPSA) is 47.8 Å². The highest BCUT2D eigenvalue weighted by Crippen LogP contribution is 2.34. The molecule has 0 bridgehead atoms. The lowest BCUT2D eigenvalue weighted by Crippen LogP contribution is -2.18. The van der Waals surface area contributed by atoms with E-state index in [1.54, 1.807) is 0 Å². The van der Waals surface area contributed by atoms with Crippen LogP contribution >= 0.6 is 11.8 Å². The maximum Gasteiger partial charge on any atom is 0.192 e. The largest absolute Gasteiger partial charge is 0.303 e. The van der Waals surface area contributed by atoms with Crippen LogP contribution in [0.4, 0.5) is 0 Å². The summed E-state index contributed by atoms with van der Waals surface area (Å²) in [6.45, 7) is 8.10. The molecule has 0 N–H and O–H groups in total. The smallest absolute Gasteiger partial charge is 0.192 e. The Morgan fingerprint density at radius 3 is 2.52 bits per heavy atom. The van der Waals surface area contributed by atoms with Crippen molar-refractivity contribution in [2.24, 2.45) is 0 Å². The molecule has 1 heterocycles. The molecule has 134 valence electrons. The van der Waals surface area contributed by atoms with E-state index in [1.807, 2.05) is 39.0 Å². The molecule has 1 fully saturated rings. The normalized spacial score (nSPS) is 16.8. The Kier molecular flexibility index (Phi) is 5.62. The van der Waals surface area contributed by atoms with Crippen molar-refractivity contribution in [3.05, 3.63) is 40.7 Å². The lowest BCUT2D eigenvalue weighted by molar-refractivity contribution is 0.0993. The molecular formula is C20H27N3OS. The maximum absolute atomic E-state index is 12.8. The van der Waals surface area contributed by atoms with Gasteiger partial charge in [-0.25, -0.2) is 0 Å². The first-order valence-electron chi connectivity index (χ1n) is 9.17. The van der Waals surface area contributed by atoms with Gasteiger partial charge in [-0.3, -0.25) is 4.79 Å². The highest BCUT2D eigenvalue weighted by Gasteiger charge is 2.25. The molecular weight excluding hydrogens is 330 g/mol. The molecule has 0 amide bonds. The average Bonchev–Trinajstić information content (AvgIpc) is 2.97. The van der Waals surface area contributed by atoms with Gasteiger partial charge in [-0.05, 0) is 57.7 Å². The van der Waals surface area contributed by atoms with E-state index >= 15 is 0 Å². The lowest BCUT2D eigenvalue weighted by Gasteiger charge is -2.25. The summed E-state index contributed by atoms with van der Waals surface area (Å²) in [7, 11) is 0. The molecule has 0 spiro atoms. The zero-order valence-corrected chi connectivity index (χ0v) is 16.4. The summed E-state index contributed by atoms with van der Waals surface area (Å²) in [5, 5.41) is 9.36. The van der Waals surface area contributed by atoms with Gasteiger partial charge in [-0.1, -0.05) is 43.2 Å². The molecule has 25 heavy (non-hydrogen) atoms. The second kappa shape index (κ2) is 7.73. The molecule has 1 aromatic heterocycles. The van der Waals surface area contributed by atoms with Crippen molar-refractivity contribution in [2.45, 2.75) is 76.2 Å². The van der Waals surface area contributed by atoms with Crippen LogP contribution in [0, 0.1) is 20.8 Å². The number of benzene rings is 1. The Hall–Kier alpha value is -1.62. The van der Waals surface area contributed by atoms with Crippen LogP contribution in [0.15, 0.2) is 23.4 Å². The standard InChI is InChI=1S/C20H27N3OS/c1-13-10-11-17(12-14(13)2)19(24)15(3)25-20-22-21-16(4)23(20)18-8-6-5-7-9-18/h10-12,15,18H,5-9H2,1-4H3. The van der Waals surface area contributed by atoms with Crippen molar-refractivity contribution >= 4 is 17.5 Å². The molecule has 4 nitrogen and oxygen atoms in total. The van der Waals surface area contributed by atoms with Crippen LogP contribution < -0.4 is 0 Å². The number of carbonyl (C=O) groups is 1. The third kappa shape index (κ3) is 3.97. The number of ketones is 1. The Morgan fingerprint density at radius 1 is 1.12 bits per heavy atom. The third-order valence-electron chi connectivity index (χ3n) is 5.22. The van der Waals surface area contributed by atoms with Crippen molar-refractivity contribution in [1.29, 1.82) is 0 Å². The molecule has 5 heteroatoms. The van der Waals surface area contributed by atoms with Gasteiger partial charge >= 0.3 is 0 Å². The van der Waals surface area contributed by atoms with Crippen molar-refractivity contribution in [2.75, 3.05) is 0 Å². The molecule has 1 unspecified atom stereocenters. The zero-order valence-electron chi connectivity index (χ0n) is 15.6. The number of nitrogens with zero attached hydrogens (tertiary/aromatic N) is 3. The van der Waals surface area contributed by atoms with E-state index < -0.39 is 0 Å². The fourth-order valence-corrected chi connectivity index (χ4v) is 4.57. The first-order valence-corrected chi connectivity index (χ1v) is 10.0. The van der Waals surface area contributed by atoms with Gasteiger partial charge < -0.3 is 4.57 Å². The van der Waals surface area contributed by atoms with Crippen molar-refractivity contribution in [3.63, 3.8) is 0 Å².